The number of hydrogen-bond donors (Lipinski definition) is 0. The fourth-order valence-electron chi connectivity index (χ4n) is 2.52. The summed E-state index contributed by atoms with van der Waals surface area (Å²) in [5.74, 6) is -0.182. The van der Waals surface area contributed by atoms with Gasteiger partial charge < -0.3 is 9.47 Å². The molecule has 1 unspecified atom stereocenters. The number of ether oxygens (including phenoxy) is 2. The molecule has 0 saturated carbocycles. The van der Waals surface area contributed by atoms with Gasteiger partial charge in [-0.15, -0.1) is 9.24 Å². The van der Waals surface area contributed by atoms with Gasteiger partial charge in [0.2, 0.25) is 0 Å². The molecule has 0 N–H and O–H groups in total. The van der Waals surface area contributed by atoms with Gasteiger partial charge in [0.05, 0.1) is 13.2 Å². The van der Waals surface area contributed by atoms with Crippen LogP contribution in [0.2, 0.25) is 0 Å². The molecule has 118 valence electrons. The van der Waals surface area contributed by atoms with Crippen LogP contribution in [0.3, 0.4) is 0 Å². The molecular weight excluding hydrogens is 298 g/mol. The van der Waals surface area contributed by atoms with Crippen molar-refractivity contribution in [3.05, 3.63) is 58.4 Å². The first-order valence-electron chi connectivity index (χ1n) is 7.19. The Hall–Kier alpha value is -1.28. The summed E-state index contributed by atoms with van der Waals surface area (Å²) in [4.78, 5) is 0. The lowest BCUT2D eigenvalue weighted by Crippen LogP contribution is -1.99. The maximum Gasteiger partial charge on any atom is 0.127 e. The number of rotatable bonds is 6. The minimum Gasteiger partial charge on any atom is -0.380 e. The highest BCUT2D eigenvalue weighted by molar-refractivity contribution is 7.15. The highest BCUT2D eigenvalue weighted by Crippen LogP contribution is 2.30. The molecule has 0 aliphatic rings. The molecule has 0 fully saturated rings. The summed E-state index contributed by atoms with van der Waals surface area (Å²) < 4.78 is 24.7. The highest BCUT2D eigenvalue weighted by Gasteiger charge is 2.12. The summed E-state index contributed by atoms with van der Waals surface area (Å²) >= 11 is 0. The lowest BCUT2D eigenvalue weighted by molar-refractivity contribution is 0.184. The molecule has 0 radical (unpaired) electrons. The molecule has 2 aromatic carbocycles. The first-order chi connectivity index (χ1) is 10.6. The predicted octanol–water partition coefficient (Wildman–Crippen LogP) is 4.47. The molecule has 0 bridgehead atoms. The molecule has 2 aromatic rings. The van der Waals surface area contributed by atoms with Crippen molar-refractivity contribution in [3.63, 3.8) is 0 Å². The average Bonchev–Trinajstić information content (AvgIpc) is 2.51. The Bertz CT molecular complexity index is 656. The lowest BCUT2D eigenvalue weighted by atomic mass is 9.95. The number of aryl methyl sites for hydroxylation is 1. The third-order valence-electron chi connectivity index (χ3n) is 3.75. The number of halogens is 1. The Morgan fingerprint density at radius 1 is 0.955 bits per heavy atom. The Kier molecular flexibility index (Phi) is 6.07. The van der Waals surface area contributed by atoms with Crippen molar-refractivity contribution in [2.45, 2.75) is 26.3 Å². The third-order valence-corrected chi connectivity index (χ3v) is 4.19. The molecule has 0 saturated heterocycles. The summed E-state index contributed by atoms with van der Waals surface area (Å²) in [6.45, 7) is 3.05. The third kappa shape index (κ3) is 3.73. The smallest absolute Gasteiger partial charge is 0.127 e. The van der Waals surface area contributed by atoms with Crippen LogP contribution in [0.4, 0.5) is 4.39 Å². The maximum atomic E-state index is 14.2. The minimum absolute atomic E-state index is 0.182. The maximum absolute atomic E-state index is 14.2. The Morgan fingerprint density at radius 3 is 2.27 bits per heavy atom. The van der Waals surface area contributed by atoms with Gasteiger partial charge in [0, 0.05) is 14.2 Å². The fourth-order valence-corrected chi connectivity index (χ4v) is 2.83. The molecule has 2 rings (SSSR count). The minimum atomic E-state index is -0.182. The largest absolute Gasteiger partial charge is 0.380 e. The van der Waals surface area contributed by atoms with E-state index in [4.69, 9.17) is 9.47 Å². The molecule has 0 aromatic heterocycles. The first-order valence-corrected chi connectivity index (χ1v) is 8.01. The molecule has 0 heterocycles. The Labute approximate surface area is 133 Å². The zero-order valence-electron chi connectivity index (χ0n) is 13.3. The molecule has 0 aliphatic heterocycles. The van der Waals surface area contributed by atoms with E-state index in [0.717, 1.165) is 22.3 Å². The van der Waals surface area contributed by atoms with Gasteiger partial charge in [-0.05, 0) is 64.7 Å². The van der Waals surface area contributed by atoms with Crippen molar-refractivity contribution in [1.29, 1.82) is 0 Å². The van der Waals surface area contributed by atoms with Crippen molar-refractivity contribution < 1.29 is 13.9 Å². The molecular formula is C18H22FO2P. The van der Waals surface area contributed by atoms with Crippen LogP contribution in [0.25, 0.3) is 11.1 Å². The Balaban J connectivity index is 2.55. The van der Waals surface area contributed by atoms with E-state index in [1.165, 1.54) is 5.56 Å². The highest BCUT2D eigenvalue weighted by atomic mass is 31.0. The van der Waals surface area contributed by atoms with Crippen LogP contribution in [0.5, 0.6) is 0 Å². The van der Waals surface area contributed by atoms with Crippen molar-refractivity contribution >= 4 is 9.24 Å². The van der Waals surface area contributed by atoms with Crippen LogP contribution >= 0.6 is 9.24 Å². The molecule has 22 heavy (non-hydrogen) atoms. The predicted molar refractivity (Wildman–Crippen MR) is 91.4 cm³/mol. The van der Waals surface area contributed by atoms with E-state index < -0.39 is 0 Å². The summed E-state index contributed by atoms with van der Waals surface area (Å²) in [5.41, 5.74) is 5.82. The van der Waals surface area contributed by atoms with Crippen LogP contribution in [-0.4, -0.2) is 14.2 Å². The van der Waals surface area contributed by atoms with Crippen LogP contribution in [0.15, 0.2) is 30.3 Å². The van der Waals surface area contributed by atoms with Crippen molar-refractivity contribution in [2.75, 3.05) is 14.2 Å². The second-order valence-electron chi connectivity index (χ2n) is 5.31. The van der Waals surface area contributed by atoms with Crippen LogP contribution in [0, 0.1) is 12.7 Å². The average molecular weight is 320 g/mol. The second-order valence-corrected chi connectivity index (χ2v) is 5.72. The summed E-state index contributed by atoms with van der Waals surface area (Å²) in [7, 11) is 5.89. The van der Waals surface area contributed by atoms with E-state index >= 15 is 0 Å². The van der Waals surface area contributed by atoms with Crippen LogP contribution < -0.4 is 0 Å². The number of methoxy groups -OCH3 is 2. The zero-order chi connectivity index (χ0) is 16.1. The van der Waals surface area contributed by atoms with Crippen molar-refractivity contribution in [2.24, 2.45) is 0 Å². The lowest BCUT2D eigenvalue weighted by Gasteiger charge is -2.14. The van der Waals surface area contributed by atoms with E-state index in [1.54, 1.807) is 20.3 Å². The molecule has 0 aliphatic carbocycles. The topological polar surface area (TPSA) is 18.5 Å². The number of hydrogen-bond acceptors (Lipinski definition) is 2. The van der Waals surface area contributed by atoms with Gasteiger partial charge in [0.1, 0.15) is 5.82 Å². The van der Waals surface area contributed by atoms with Gasteiger partial charge in [-0.2, -0.15) is 0 Å². The number of benzene rings is 2. The van der Waals surface area contributed by atoms with E-state index in [0.29, 0.717) is 24.9 Å². The van der Waals surface area contributed by atoms with Crippen molar-refractivity contribution in [1.82, 2.24) is 0 Å². The SMILES string of the molecule is COCc1cc(-c2cc(F)c(CP)cc2COC)ccc1C. The monoisotopic (exact) mass is 320 g/mol. The van der Waals surface area contributed by atoms with E-state index in [-0.39, 0.29) is 5.82 Å². The van der Waals surface area contributed by atoms with E-state index in [2.05, 4.69) is 15.3 Å². The van der Waals surface area contributed by atoms with Gasteiger partial charge in [0.15, 0.2) is 0 Å². The molecule has 4 heteroatoms. The Morgan fingerprint density at radius 2 is 1.64 bits per heavy atom. The van der Waals surface area contributed by atoms with E-state index in [1.807, 2.05) is 25.1 Å². The molecule has 0 amide bonds. The van der Waals surface area contributed by atoms with Crippen LogP contribution in [0.1, 0.15) is 22.3 Å². The van der Waals surface area contributed by atoms with Gasteiger partial charge in [-0.1, -0.05) is 12.1 Å². The summed E-state index contributed by atoms with van der Waals surface area (Å²) in [6.07, 6.45) is 0.589. The quantitative estimate of drug-likeness (QED) is 0.731. The fraction of sp³-hybridized carbons (Fsp3) is 0.333. The van der Waals surface area contributed by atoms with Crippen LogP contribution in [-0.2, 0) is 28.8 Å². The summed E-state index contributed by atoms with van der Waals surface area (Å²) in [5, 5.41) is 0. The first kappa shape index (κ1) is 17.1. The molecule has 1 atom stereocenters. The van der Waals surface area contributed by atoms with Gasteiger partial charge in [-0.3, -0.25) is 0 Å². The molecule has 0 spiro atoms. The van der Waals surface area contributed by atoms with Gasteiger partial charge >= 0.3 is 0 Å². The van der Waals surface area contributed by atoms with Gasteiger partial charge in [-0.25, -0.2) is 4.39 Å². The summed E-state index contributed by atoms with van der Waals surface area (Å²) in [6, 6.07) is 9.61. The van der Waals surface area contributed by atoms with Crippen molar-refractivity contribution in [3.8, 4) is 11.1 Å². The second kappa shape index (κ2) is 7.82. The zero-order valence-corrected chi connectivity index (χ0v) is 14.4. The normalized spacial score (nSPS) is 11.0. The standard InChI is InChI=1S/C18H22FO2P/c1-12-4-5-13(6-14(12)9-20-2)17-8-18(19)16(11-22)7-15(17)10-21-3/h4-8H,9-11,22H2,1-3H3. The van der Waals surface area contributed by atoms with E-state index in [9.17, 15) is 4.39 Å². The van der Waals surface area contributed by atoms with Gasteiger partial charge in [0.25, 0.3) is 0 Å². The molecule has 2 nitrogen and oxygen atoms in total.